The molecule has 24 heavy (non-hydrogen) atoms. The Morgan fingerprint density at radius 3 is 2.29 bits per heavy atom. The lowest BCUT2D eigenvalue weighted by Gasteiger charge is -2.26. The van der Waals surface area contributed by atoms with E-state index < -0.39 is 0 Å². The first-order valence-corrected chi connectivity index (χ1v) is 8.16. The van der Waals surface area contributed by atoms with Gasteiger partial charge in [0.2, 0.25) is 5.91 Å². The fourth-order valence-corrected chi connectivity index (χ4v) is 2.62. The Kier molecular flexibility index (Phi) is 8.26. The monoisotopic (exact) mass is 366 g/mol. The maximum absolute atomic E-state index is 12.4. The molecule has 0 saturated heterocycles. The Balaban J connectivity index is 0.00000288. The van der Waals surface area contributed by atoms with Crippen molar-refractivity contribution in [1.82, 2.24) is 4.90 Å². The lowest BCUT2D eigenvalue weighted by Crippen LogP contribution is -2.37. The van der Waals surface area contributed by atoms with Gasteiger partial charge in [-0.25, -0.2) is 0 Å². The molecular weight excluding hydrogens is 343 g/mol. The molecule has 130 valence electrons. The zero-order valence-electron chi connectivity index (χ0n) is 14.0. The van der Waals surface area contributed by atoms with Gasteiger partial charge in [0.15, 0.2) is 0 Å². The van der Waals surface area contributed by atoms with Crippen molar-refractivity contribution in [3.8, 4) is 0 Å². The quantitative estimate of drug-likeness (QED) is 0.830. The Bertz CT molecular complexity index is 632. The van der Waals surface area contributed by atoms with Crippen LogP contribution in [0, 0.1) is 0 Å². The molecule has 0 aliphatic rings. The Labute approximate surface area is 155 Å². The second-order valence-corrected chi connectivity index (χ2v) is 6.34. The van der Waals surface area contributed by atoms with E-state index >= 15 is 0 Å². The van der Waals surface area contributed by atoms with Gasteiger partial charge in [-0.15, -0.1) is 12.4 Å². The van der Waals surface area contributed by atoms with E-state index in [2.05, 4.69) is 0 Å². The molecular formula is C19H24Cl2N2O. The highest BCUT2D eigenvalue weighted by Gasteiger charge is 2.19. The predicted molar refractivity (Wildman–Crippen MR) is 103 cm³/mol. The summed E-state index contributed by atoms with van der Waals surface area (Å²) in [6.45, 7) is 2.04. The Hall–Kier alpha value is -1.55. The maximum atomic E-state index is 12.4. The number of carbonyl (C=O) groups excluding carboxylic acids is 1. The van der Waals surface area contributed by atoms with E-state index in [4.69, 9.17) is 17.3 Å². The van der Waals surface area contributed by atoms with Gasteiger partial charge in [-0.3, -0.25) is 4.79 Å². The molecule has 0 heterocycles. The lowest BCUT2D eigenvalue weighted by atomic mass is 10.0. The van der Waals surface area contributed by atoms with Gasteiger partial charge in [0, 0.05) is 30.6 Å². The number of carbonyl (C=O) groups is 1. The van der Waals surface area contributed by atoms with Gasteiger partial charge in [0.05, 0.1) is 0 Å². The molecule has 0 radical (unpaired) electrons. The predicted octanol–water partition coefficient (Wildman–Crippen LogP) is 4.24. The van der Waals surface area contributed by atoms with Gasteiger partial charge in [-0.1, -0.05) is 54.1 Å². The molecule has 2 rings (SSSR count). The Morgan fingerprint density at radius 1 is 1.12 bits per heavy atom. The summed E-state index contributed by atoms with van der Waals surface area (Å²) in [6, 6.07) is 17.3. The van der Waals surface area contributed by atoms with Crippen molar-refractivity contribution in [2.45, 2.75) is 31.8 Å². The molecule has 0 fully saturated rings. The third kappa shape index (κ3) is 5.82. The zero-order valence-corrected chi connectivity index (χ0v) is 15.6. The van der Waals surface area contributed by atoms with Crippen molar-refractivity contribution in [3.63, 3.8) is 0 Å². The van der Waals surface area contributed by atoms with Crippen LogP contribution in [0.3, 0.4) is 0 Å². The van der Waals surface area contributed by atoms with Gasteiger partial charge in [-0.2, -0.15) is 0 Å². The molecule has 3 nitrogen and oxygen atoms in total. The molecule has 0 aromatic heterocycles. The fourth-order valence-electron chi connectivity index (χ4n) is 2.49. The lowest BCUT2D eigenvalue weighted by molar-refractivity contribution is -0.132. The van der Waals surface area contributed by atoms with E-state index in [-0.39, 0.29) is 30.4 Å². The molecule has 5 heteroatoms. The molecule has 2 aromatic rings. The van der Waals surface area contributed by atoms with Gasteiger partial charge < -0.3 is 10.6 Å². The topological polar surface area (TPSA) is 46.3 Å². The number of rotatable bonds is 6. The standard InChI is InChI=1S/C19H23ClN2O.ClH/c1-14(12-15-8-10-17(20)11-9-15)22(2)19(23)13-18(21)16-6-4-3-5-7-16;/h3-11,14,18H,12-13,21H2,1-2H3;1H. The molecule has 0 bridgehead atoms. The van der Waals surface area contributed by atoms with Crippen LogP contribution in [0.2, 0.25) is 5.02 Å². The number of nitrogens with zero attached hydrogens (tertiary/aromatic N) is 1. The normalized spacial score (nSPS) is 12.8. The van der Waals surface area contributed by atoms with Crippen LogP contribution in [-0.4, -0.2) is 23.9 Å². The second kappa shape index (κ2) is 9.67. The number of halogens is 2. The highest BCUT2D eigenvalue weighted by molar-refractivity contribution is 6.30. The van der Waals surface area contributed by atoms with E-state index in [1.807, 2.05) is 68.6 Å². The summed E-state index contributed by atoms with van der Waals surface area (Å²) in [6.07, 6.45) is 1.10. The van der Waals surface area contributed by atoms with Crippen LogP contribution in [0.4, 0.5) is 0 Å². The number of likely N-dealkylation sites (N-methyl/N-ethyl adjacent to an activating group) is 1. The SMILES string of the molecule is CC(Cc1ccc(Cl)cc1)N(C)C(=O)CC(N)c1ccccc1.Cl. The molecule has 1 amide bonds. The van der Waals surface area contributed by atoms with E-state index in [1.165, 1.54) is 0 Å². The fraction of sp³-hybridized carbons (Fsp3) is 0.316. The smallest absolute Gasteiger partial charge is 0.224 e. The van der Waals surface area contributed by atoms with Crippen molar-refractivity contribution < 1.29 is 4.79 Å². The van der Waals surface area contributed by atoms with Crippen LogP contribution >= 0.6 is 24.0 Å². The summed E-state index contributed by atoms with van der Waals surface area (Å²) >= 11 is 5.90. The minimum absolute atomic E-state index is 0. The summed E-state index contributed by atoms with van der Waals surface area (Å²) < 4.78 is 0. The van der Waals surface area contributed by atoms with Crippen molar-refractivity contribution >= 4 is 29.9 Å². The summed E-state index contributed by atoms with van der Waals surface area (Å²) in [5, 5.41) is 0.722. The molecule has 2 N–H and O–H groups in total. The minimum Gasteiger partial charge on any atom is -0.343 e. The zero-order chi connectivity index (χ0) is 16.8. The highest BCUT2D eigenvalue weighted by Crippen LogP contribution is 2.17. The molecule has 0 aliphatic heterocycles. The second-order valence-electron chi connectivity index (χ2n) is 5.91. The largest absolute Gasteiger partial charge is 0.343 e. The molecule has 2 aromatic carbocycles. The molecule has 0 saturated carbocycles. The third-order valence-electron chi connectivity index (χ3n) is 4.12. The first-order valence-electron chi connectivity index (χ1n) is 7.78. The van der Waals surface area contributed by atoms with Crippen LogP contribution in [0.15, 0.2) is 54.6 Å². The van der Waals surface area contributed by atoms with Crippen LogP contribution in [0.1, 0.15) is 30.5 Å². The molecule has 0 aliphatic carbocycles. The number of nitrogens with two attached hydrogens (primary N) is 1. The highest BCUT2D eigenvalue weighted by atomic mass is 35.5. The van der Waals surface area contributed by atoms with Crippen LogP contribution in [-0.2, 0) is 11.2 Å². The summed E-state index contributed by atoms with van der Waals surface area (Å²) in [5.41, 5.74) is 8.29. The first kappa shape index (κ1) is 20.5. The Morgan fingerprint density at radius 2 is 1.71 bits per heavy atom. The van der Waals surface area contributed by atoms with E-state index in [0.717, 1.165) is 22.6 Å². The van der Waals surface area contributed by atoms with E-state index in [0.29, 0.717) is 6.42 Å². The van der Waals surface area contributed by atoms with Crippen molar-refractivity contribution in [2.75, 3.05) is 7.05 Å². The first-order chi connectivity index (χ1) is 11.0. The third-order valence-corrected chi connectivity index (χ3v) is 4.37. The number of hydrogen-bond donors (Lipinski definition) is 1. The molecule has 2 atom stereocenters. The van der Waals surface area contributed by atoms with Crippen LogP contribution in [0.5, 0.6) is 0 Å². The van der Waals surface area contributed by atoms with Gasteiger partial charge in [0.25, 0.3) is 0 Å². The average Bonchev–Trinajstić information content (AvgIpc) is 2.56. The summed E-state index contributed by atoms with van der Waals surface area (Å²) in [4.78, 5) is 14.2. The van der Waals surface area contributed by atoms with Crippen LogP contribution < -0.4 is 5.73 Å². The van der Waals surface area contributed by atoms with Gasteiger partial charge >= 0.3 is 0 Å². The summed E-state index contributed by atoms with van der Waals surface area (Å²) in [7, 11) is 1.83. The molecule has 0 spiro atoms. The van der Waals surface area contributed by atoms with Gasteiger partial charge in [0.1, 0.15) is 0 Å². The average molecular weight is 367 g/mol. The summed E-state index contributed by atoms with van der Waals surface area (Å²) in [5.74, 6) is 0.0582. The van der Waals surface area contributed by atoms with Crippen molar-refractivity contribution in [1.29, 1.82) is 0 Å². The van der Waals surface area contributed by atoms with E-state index in [9.17, 15) is 4.79 Å². The van der Waals surface area contributed by atoms with Crippen molar-refractivity contribution in [2.24, 2.45) is 5.73 Å². The molecule has 2 unspecified atom stereocenters. The maximum Gasteiger partial charge on any atom is 0.224 e. The van der Waals surface area contributed by atoms with Crippen molar-refractivity contribution in [3.05, 3.63) is 70.7 Å². The number of amides is 1. The van der Waals surface area contributed by atoms with Gasteiger partial charge in [-0.05, 0) is 36.6 Å². The number of benzene rings is 2. The van der Waals surface area contributed by atoms with Crippen LogP contribution in [0.25, 0.3) is 0 Å². The number of hydrogen-bond acceptors (Lipinski definition) is 2. The van der Waals surface area contributed by atoms with E-state index in [1.54, 1.807) is 4.90 Å². The minimum atomic E-state index is -0.270.